The maximum atomic E-state index is 12.0. The molecule has 0 spiro atoms. The molecular formula is C15H21NOS. The van der Waals surface area contributed by atoms with Crippen LogP contribution in [0.4, 0.5) is 0 Å². The second-order valence-corrected chi connectivity index (χ2v) is 6.62. The molecule has 1 unspecified atom stereocenters. The fourth-order valence-corrected chi connectivity index (χ4v) is 3.15. The van der Waals surface area contributed by atoms with Gasteiger partial charge in [0.2, 0.25) is 5.91 Å². The monoisotopic (exact) mass is 263 g/mol. The summed E-state index contributed by atoms with van der Waals surface area (Å²) >= 11 is 1.67. The first-order valence-electron chi connectivity index (χ1n) is 6.52. The zero-order valence-corrected chi connectivity index (χ0v) is 12.4. The second kappa shape index (κ2) is 5.35. The van der Waals surface area contributed by atoms with E-state index in [4.69, 9.17) is 0 Å². The number of rotatable bonds is 4. The van der Waals surface area contributed by atoms with E-state index in [-0.39, 0.29) is 11.2 Å². The summed E-state index contributed by atoms with van der Waals surface area (Å²) in [7, 11) is 0. The van der Waals surface area contributed by atoms with Gasteiger partial charge in [0.05, 0.1) is 5.25 Å². The Morgan fingerprint density at radius 2 is 1.83 bits per heavy atom. The van der Waals surface area contributed by atoms with Gasteiger partial charge in [0.15, 0.2) is 0 Å². The van der Waals surface area contributed by atoms with Gasteiger partial charge in [0, 0.05) is 10.9 Å². The Balaban J connectivity index is 2.05. The van der Waals surface area contributed by atoms with E-state index in [1.165, 1.54) is 21.6 Å². The summed E-state index contributed by atoms with van der Waals surface area (Å²) in [6.07, 6.45) is 2.29. The lowest BCUT2D eigenvalue weighted by molar-refractivity contribution is -0.120. The van der Waals surface area contributed by atoms with E-state index in [9.17, 15) is 4.79 Å². The molecule has 0 heterocycles. The summed E-state index contributed by atoms with van der Waals surface area (Å²) in [5.74, 6) is 0.168. The number of hydrogen-bond acceptors (Lipinski definition) is 2. The first kappa shape index (κ1) is 13.5. The van der Waals surface area contributed by atoms with Gasteiger partial charge in [0.25, 0.3) is 0 Å². The molecule has 0 bridgehead atoms. The van der Waals surface area contributed by atoms with E-state index >= 15 is 0 Å². The molecule has 1 amide bonds. The molecule has 0 aromatic heterocycles. The van der Waals surface area contributed by atoms with E-state index in [2.05, 4.69) is 38.2 Å². The van der Waals surface area contributed by atoms with Crippen molar-refractivity contribution in [1.82, 2.24) is 5.32 Å². The molecule has 3 heteroatoms. The van der Waals surface area contributed by atoms with Gasteiger partial charge in [-0.05, 0) is 51.7 Å². The highest BCUT2D eigenvalue weighted by molar-refractivity contribution is 8.00. The third-order valence-corrected chi connectivity index (χ3v) is 4.64. The predicted molar refractivity (Wildman–Crippen MR) is 77.1 cm³/mol. The summed E-state index contributed by atoms with van der Waals surface area (Å²) < 4.78 is 0. The number of nitrogens with one attached hydrogen (secondary N) is 1. The van der Waals surface area contributed by atoms with E-state index < -0.39 is 0 Å². The fraction of sp³-hybridized carbons (Fsp3) is 0.533. The molecule has 98 valence electrons. The van der Waals surface area contributed by atoms with Crippen LogP contribution in [0.3, 0.4) is 0 Å². The lowest BCUT2D eigenvalue weighted by atomic mass is 10.1. The van der Waals surface area contributed by atoms with Crippen molar-refractivity contribution in [2.45, 2.75) is 56.7 Å². The minimum Gasteiger partial charge on any atom is -0.352 e. The lowest BCUT2D eigenvalue weighted by Crippen LogP contribution is -2.32. The maximum Gasteiger partial charge on any atom is 0.233 e. The van der Waals surface area contributed by atoms with Crippen molar-refractivity contribution < 1.29 is 4.79 Å². The third-order valence-electron chi connectivity index (χ3n) is 3.19. The number of benzene rings is 1. The average Bonchev–Trinajstić information content (AvgIpc) is 3.06. The predicted octanol–water partition coefficient (Wildman–Crippen LogP) is 3.37. The number of thioether (sulfide) groups is 1. The van der Waals surface area contributed by atoms with Gasteiger partial charge >= 0.3 is 0 Å². The van der Waals surface area contributed by atoms with Crippen LogP contribution in [-0.2, 0) is 4.79 Å². The van der Waals surface area contributed by atoms with Gasteiger partial charge in [-0.15, -0.1) is 11.8 Å². The van der Waals surface area contributed by atoms with Crippen LogP contribution < -0.4 is 5.32 Å². The molecule has 2 nitrogen and oxygen atoms in total. The van der Waals surface area contributed by atoms with E-state index in [0.29, 0.717) is 6.04 Å². The molecule has 18 heavy (non-hydrogen) atoms. The second-order valence-electron chi connectivity index (χ2n) is 5.27. The minimum absolute atomic E-state index is 0.0225. The molecule has 0 saturated heterocycles. The number of aryl methyl sites for hydroxylation is 3. The normalized spacial score (nSPS) is 16.4. The number of amides is 1. The molecule has 1 saturated carbocycles. The topological polar surface area (TPSA) is 29.1 Å². The summed E-state index contributed by atoms with van der Waals surface area (Å²) in [6, 6.07) is 4.81. The molecule has 0 aliphatic heterocycles. The van der Waals surface area contributed by atoms with Crippen molar-refractivity contribution in [3.05, 3.63) is 28.8 Å². The summed E-state index contributed by atoms with van der Waals surface area (Å²) in [4.78, 5) is 13.2. The summed E-state index contributed by atoms with van der Waals surface area (Å²) in [5.41, 5.74) is 3.82. The van der Waals surface area contributed by atoms with E-state index in [0.717, 1.165) is 12.8 Å². The van der Waals surface area contributed by atoms with E-state index in [1.54, 1.807) is 11.8 Å². The van der Waals surface area contributed by atoms with Crippen molar-refractivity contribution >= 4 is 17.7 Å². The number of hydrogen-bond donors (Lipinski definition) is 1. The molecule has 1 aromatic rings. The molecule has 1 N–H and O–H groups in total. The fourth-order valence-electron chi connectivity index (χ4n) is 2.13. The van der Waals surface area contributed by atoms with Crippen LogP contribution in [0.2, 0.25) is 0 Å². The molecular weight excluding hydrogens is 242 g/mol. The Kier molecular flexibility index (Phi) is 4.00. The largest absolute Gasteiger partial charge is 0.352 e. The highest BCUT2D eigenvalue weighted by Gasteiger charge is 2.26. The number of carbonyl (C=O) groups is 1. The van der Waals surface area contributed by atoms with Crippen LogP contribution in [0.15, 0.2) is 17.0 Å². The molecule has 1 aromatic carbocycles. The Hall–Kier alpha value is -0.960. The summed E-state index contributed by atoms with van der Waals surface area (Å²) in [5, 5.41) is 3.04. The molecule has 1 aliphatic rings. The molecule has 1 atom stereocenters. The quantitative estimate of drug-likeness (QED) is 0.844. The van der Waals surface area contributed by atoms with Gasteiger partial charge in [-0.2, -0.15) is 0 Å². The molecule has 2 rings (SSSR count). The zero-order valence-electron chi connectivity index (χ0n) is 11.5. The van der Waals surface area contributed by atoms with Gasteiger partial charge in [-0.3, -0.25) is 4.79 Å². The van der Waals surface area contributed by atoms with Crippen LogP contribution in [-0.4, -0.2) is 17.2 Å². The minimum atomic E-state index is -0.0225. The van der Waals surface area contributed by atoms with Crippen LogP contribution in [0.5, 0.6) is 0 Å². The standard InChI is InChI=1S/C15H21NOS/c1-9-7-10(2)14(11(3)8-9)18-12(4)15(17)16-13-5-6-13/h7-8,12-13H,5-6H2,1-4H3,(H,16,17). The van der Waals surface area contributed by atoms with Crippen molar-refractivity contribution in [2.24, 2.45) is 0 Å². The lowest BCUT2D eigenvalue weighted by Gasteiger charge is -2.15. The van der Waals surface area contributed by atoms with Crippen LogP contribution >= 0.6 is 11.8 Å². The van der Waals surface area contributed by atoms with Crippen molar-refractivity contribution in [3.8, 4) is 0 Å². The summed E-state index contributed by atoms with van der Waals surface area (Å²) in [6.45, 7) is 8.33. The Morgan fingerprint density at radius 1 is 1.28 bits per heavy atom. The average molecular weight is 263 g/mol. The highest BCUT2D eigenvalue weighted by Crippen LogP contribution is 2.31. The molecule has 1 aliphatic carbocycles. The molecule has 1 fully saturated rings. The SMILES string of the molecule is Cc1cc(C)c(SC(C)C(=O)NC2CC2)c(C)c1. The third kappa shape index (κ3) is 3.29. The van der Waals surface area contributed by atoms with Gasteiger partial charge in [0.1, 0.15) is 0 Å². The maximum absolute atomic E-state index is 12.0. The van der Waals surface area contributed by atoms with Gasteiger partial charge in [-0.1, -0.05) is 17.7 Å². The zero-order chi connectivity index (χ0) is 13.3. The van der Waals surface area contributed by atoms with Crippen LogP contribution in [0, 0.1) is 20.8 Å². The molecule has 0 radical (unpaired) electrons. The first-order chi connectivity index (χ1) is 8.47. The Labute approximate surface area is 114 Å². The smallest absolute Gasteiger partial charge is 0.233 e. The first-order valence-corrected chi connectivity index (χ1v) is 7.40. The van der Waals surface area contributed by atoms with Crippen molar-refractivity contribution in [3.63, 3.8) is 0 Å². The van der Waals surface area contributed by atoms with Crippen molar-refractivity contribution in [1.29, 1.82) is 0 Å². The van der Waals surface area contributed by atoms with Crippen LogP contribution in [0.1, 0.15) is 36.5 Å². The van der Waals surface area contributed by atoms with Crippen LogP contribution in [0.25, 0.3) is 0 Å². The van der Waals surface area contributed by atoms with Gasteiger partial charge < -0.3 is 5.32 Å². The highest BCUT2D eigenvalue weighted by atomic mass is 32.2. The Bertz CT molecular complexity index is 443. The number of carbonyl (C=O) groups excluding carboxylic acids is 1. The Morgan fingerprint density at radius 3 is 2.33 bits per heavy atom. The van der Waals surface area contributed by atoms with Gasteiger partial charge in [-0.25, -0.2) is 0 Å². The van der Waals surface area contributed by atoms with Crippen molar-refractivity contribution in [2.75, 3.05) is 0 Å². The van der Waals surface area contributed by atoms with E-state index in [1.807, 2.05) is 6.92 Å².